The van der Waals surface area contributed by atoms with Gasteiger partial charge in [-0.1, -0.05) is 19.3 Å². The van der Waals surface area contributed by atoms with Gasteiger partial charge in [0.2, 0.25) is 11.8 Å². The smallest absolute Gasteiger partial charge is 0.242 e. The Bertz CT molecular complexity index is 388. The summed E-state index contributed by atoms with van der Waals surface area (Å²) in [5, 5.41) is 0. The topological polar surface area (TPSA) is 49.9 Å². The van der Waals surface area contributed by atoms with Crippen molar-refractivity contribution in [2.45, 2.75) is 37.6 Å². The molecule has 0 aromatic rings. The molecule has 5 nitrogen and oxygen atoms in total. The van der Waals surface area contributed by atoms with Gasteiger partial charge < -0.3 is 14.5 Å². The van der Waals surface area contributed by atoms with E-state index in [4.69, 9.17) is 4.74 Å². The molecule has 3 rings (SSSR count). The first-order chi connectivity index (χ1) is 9.71. The lowest BCUT2D eigenvalue weighted by Crippen LogP contribution is -2.61. The van der Waals surface area contributed by atoms with E-state index in [0.717, 1.165) is 12.8 Å². The summed E-state index contributed by atoms with van der Waals surface area (Å²) in [4.78, 5) is 28.0. The van der Waals surface area contributed by atoms with Crippen LogP contribution in [0.1, 0.15) is 32.1 Å². The van der Waals surface area contributed by atoms with Crippen molar-refractivity contribution in [2.75, 3.05) is 37.9 Å². The molecule has 2 amide bonds. The largest absolute Gasteiger partial charge is 0.377 e. The van der Waals surface area contributed by atoms with Gasteiger partial charge in [0.25, 0.3) is 0 Å². The predicted octanol–water partition coefficient (Wildman–Crippen LogP) is 1.08. The molecule has 1 saturated carbocycles. The van der Waals surface area contributed by atoms with Crippen LogP contribution in [0.3, 0.4) is 0 Å². The number of hydrogen-bond acceptors (Lipinski definition) is 4. The molecule has 0 radical (unpaired) electrons. The second kappa shape index (κ2) is 5.93. The number of carbonyl (C=O) groups excluding carboxylic acids is 2. The second-order valence-corrected chi connectivity index (χ2v) is 6.91. The van der Waals surface area contributed by atoms with E-state index in [1.807, 2.05) is 4.90 Å². The van der Waals surface area contributed by atoms with Crippen molar-refractivity contribution >= 4 is 23.6 Å². The van der Waals surface area contributed by atoms with Gasteiger partial charge in [-0.15, -0.1) is 11.8 Å². The normalized spacial score (nSPS) is 26.3. The third-order valence-corrected chi connectivity index (χ3v) is 5.58. The molecule has 0 bridgehead atoms. The maximum atomic E-state index is 12.6. The van der Waals surface area contributed by atoms with Crippen molar-refractivity contribution < 1.29 is 14.3 Å². The number of amides is 2. The van der Waals surface area contributed by atoms with Gasteiger partial charge in [0.15, 0.2) is 0 Å². The molecular weight excluding hydrogens is 276 g/mol. The van der Waals surface area contributed by atoms with E-state index in [2.05, 4.69) is 0 Å². The molecule has 0 aromatic carbocycles. The van der Waals surface area contributed by atoms with E-state index in [1.54, 1.807) is 16.7 Å². The zero-order valence-corrected chi connectivity index (χ0v) is 12.6. The van der Waals surface area contributed by atoms with E-state index >= 15 is 0 Å². The zero-order chi connectivity index (χ0) is 14.0. The number of morpholine rings is 1. The Morgan fingerprint density at radius 3 is 2.80 bits per heavy atom. The summed E-state index contributed by atoms with van der Waals surface area (Å²) in [5.74, 6) is 1.36. The van der Waals surface area contributed by atoms with Crippen LogP contribution in [-0.4, -0.2) is 65.1 Å². The van der Waals surface area contributed by atoms with Crippen molar-refractivity contribution in [3.63, 3.8) is 0 Å². The van der Waals surface area contributed by atoms with Crippen LogP contribution >= 0.6 is 11.8 Å². The molecule has 20 heavy (non-hydrogen) atoms. The van der Waals surface area contributed by atoms with Gasteiger partial charge in [-0.2, -0.15) is 0 Å². The zero-order valence-electron chi connectivity index (χ0n) is 11.8. The highest BCUT2D eigenvalue weighted by Crippen LogP contribution is 2.36. The number of nitrogens with zero attached hydrogens (tertiary/aromatic N) is 2. The molecule has 1 aliphatic carbocycles. The van der Waals surface area contributed by atoms with Crippen LogP contribution in [0.2, 0.25) is 0 Å². The predicted molar refractivity (Wildman–Crippen MR) is 77.4 cm³/mol. The van der Waals surface area contributed by atoms with Crippen LogP contribution in [0, 0.1) is 0 Å². The van der Waals surface area contributed by atoms with E-state index in [0.29, 0.717) is 31.4 Å². The minimum absolute atomic E-state index is 0.0919. The monoisotopic (exact) mass is 298 g/mol. The van der Waals surface area contributed by atoms with Gasteiger partial charge in [0.05, 0.1) is 30.4 Å². The first-order valence-corrected chi connectivity index (χ1v) is 8.60. The summed E-state index contributed by atoms with van der Waals surface area (Å²) in [5.41, 5.74) is -0.0938. The van der Waals surface area contributed by atoms with Crippen LogP contribution in [0.15, 0.2) is 0 Å². The molecule has 2 saturated heterocycles. The molecule has 0 atom stereocenters. The second-order valence-electron chi connectivity index (χ2n) is 5.95. The fraction of sp³-hybridized carbons (Fsp3) is 0.857. The fourth-order valence-corrected chi connectivity index (χ4v) is 4.44. The summed E-state index contributed by atoms with van der Waals surface area (Å²) < 4.78 is 5.66. The third-order valence-electron chi connectivity index (χ3n) is 4.64. The van der Waals surface area contributed by atoms with Gasteiger partial charge in [-0.3, -0.25) is 9.59 Å². The van der Waals surface area contributed by atoms with Crippen molar-refractivity contribution in [1.82, 2.24) is 9.80 Å². The number of rotatable bonds is 2. The first-order valence-electron chi connectivity index (χ1n) is 7.45. The van der Waals surface area contributed by atoms with E-state index in [1.165, 1.54) is 19.3 Å². The maximum Gasteiger partial charge on any atom is 0.242 e. The van der Waals surface area contributed by atoms with Crippen LogP contribution < -0.4 is 0 Å². The Labute approximate surface area is 124 Å². The third kappa shape index (κ3) is 2.68. The fourth-order valence-electron chi connectivity index (χ4n) is 3.54. The van der Waals surface area contributed by atoms with Crippen LogP contribution in [-0.2, 0) is 14.3 Å². The average Bonchev–Trinajstić information content (AvgIpc) is 2.85. The van der Waals surface area contributed by atoms with Crippen molar-refractivity contribution in [2.24, 2.45) is 0 Å². The number of hydrogen-bond donors (Lipinski definition) is 0. The van der Waals surface area contributed by atoms with Crippen molar-refractivity contribution in [1.29, 1.82) is 0 Å². The Morgan fingerprint density at radius 2 is 2.10 bits per heavy atom. The van der Waals surface area contributed by atoms with Crippen molar-refractivity contribution in [3.05, 3.63) is 0 Å². The highest BCUT2D eigenvalue weighted by molar-refractivity contribution is 8.00. The summed E-state index contributed by atoms with van der Waals surface area (Å²) >= 11 is 1.59. The van der Waals surface area contributed by atoms with Crippen molar-refractivity contribution in [3.8, 4) is 0 Å². The SMILES string of the molecule is O=C1CSCN1CC(=O)N1CCOCC12CCCCC2. The Kier molecular flexibility index (Phi) is 4.21. The molecule has 0 aromatic heterocycles. The Morgan fingerprint density at radius 1 is 1.30 bits per heavy atom. The van der Waals surface area contributed by atoms with E-state index < -0.39 is 0 Å². The minimum Gasteiger partial charge on any atom is -0.377 e. The standard InChI is InChI=1S/C14H22N2O3S/c17-12(8-15-11-20-9-13(15)18)16-6-7-19-10-14(16)4-2-1-3-5-14/h1-11H2. The van der Waals surface area contributed by atoms with Gasteiger partial charge >= 0.3 is 0 Å². The molecule has 3 fully saturated rings. The molecule has 6 heteroatoms. The molecular formula is C14H22N2O3S. The van der Waals surface area contributed by atoms with Gasteiger partial charge in [0.1, 0.15) is 6.54 Å². The van der Waals surface area contributed by atoms with E-state index in [-0.39, 0.29) is 23.9 Å². The maximum absolute atomic E-state index is 12.6. The molecule has 112 valence electrons. The quantitative estimate of drug-likeness (QED) is 0.765. The van der Waals surface area contributed by atoms with Crippen LogP contribution in [0.25, 0.3) is 0 Å². The van der Waals surface area contributed by atoms with Gasteiger partial charge in [0, 0.05) is 6.54 Å². The lowest BCUT2D eigenvalue weighted by Gasteiger charge is -2.49. The molecule has 0 N–H and O–H groups in total. The summed E-state index contributed by atoms with van der Waals surface area (Å²) in [6, 6.07) is 0. The summed E-state index contributed by atoms with van der Waals surface area (Å²) in [7, 11) is 0. The average molecular weight is 298 g/mol. The molecule has 3 aliphatic rings. The van der Waals surface area contributed by atoms with Gasteiger partial charge in [-0.25, -0.2) is 0 Å². The highest BCUT2D eigenvalue weighted by atomic mass is 32.2. The molecule has 2 heterocycles. The minimum atomic E-state index is -0.0938. The van der Waals surface area contributed by atoms with Crippen LogP contribution in [0.5, 0.6) is 0 Å². The lowest BCUT2D eigenvalue weighted by atomic mass is 9.80. The van der Waals surface area contributed by atoms with Gasteiger partial charge in [-0.05, 0) is 12.8 Å². The van der Waals surface area contributed by atoms with Crippen LogP contribution in [0.4, 0.5) is 0 Å². The Hall–Kier alpha value is -0.750. The number of ether oxygens (including phenoxy) is 1. The summed E-state index contributed by atoms with van der Waals surface area (Å²) in [6.07, 6.45) is 5.69. The van der Waals surface area contributed by atoms with E-state index in [9.17, 15) is 9.59 Å². The molecule has 1 spiro atoms. The highest BCUT2D eigenvalue weighted by Gasteiger charge is 2.43. The number of carbonyl (C=O) groups is 2. The number of thioether (sulfide) groups is 1. The first kappa shape index (κ1) is 14.2. The lowest BCUT2D eigenvalue weighted by molar-refractivity contribution is -0.155. The summed E-state index contributed by atoms with van der Waals surface area (Å²) in [6.45, 7) is 2.21. The Balaban J connectivity index is 1.69. The molecule has 2 aliphatic heterocycles. The molecule has 0 unspecified atom stereocenters.